The fourth-order valence-electron chi connectivity index (χ4n) is 3.89. The lowest BCUT2D eigenvalue weighted by atomic mass is 9.78. The van der Waals surface area contributed by atoms with Crippen molar-refractivity contribution in [1.29, 1.82) is 0 Å². The highest BCUT2D eigenvalue weighted by Gasteiger charge is 2.37. The first-order valence-electron chi connectivity index (χ1n) is 9.42. The van der Waals surface area contributed by atoms with Gasteiger partial charge in [-0.2, -0.15) is 5.10 Å². The van der Waals surface area contributed by atoms with E-state index in [9.17, 15) is 5.11 Å². The van der Waals surface area contributed by atoms with Crippen molar-refractivity contribution in [2.45, 2.75) is 52.3 Å². The van der Waals surface area contributed by atoms with Gasteiger partial charge in [0.2, 0.25) is 0 Å². The Balaban J connectivity index is 1.64. The normalized spacial score (nSPS) is 24.8. The molecule has 1 aromatic carbocycles. The van der Waals surface area contributed by atoms with Crippen LogP contribution in [0.3, 0.4) is 0 Å². The van der Waals surface area contributed by atoms with E-state index in [1.807, 2.05) is 30.1 Å². The third-order valence-corrected chi connectivity index (χ3v) is 5.35. The van der Waals surface area contributed by atoms with Gasteiger partial charge in [-0.25, -0.2) is 0 Å². The molecule has 0 bridgehead atoms. The maximum atomic E-state index is 10.7. The number of aromatic nitrogens is 2. The summed E-state index contributed by atoms with van der Waals surface area (Å²) in [5, 5.41) is 15.0. The molecule has 136 valence electrons. The summed E-state index contributed by atoms with van der Waals surface area (Å²) in [5.74, 6) is 0.974. The van der Waals surface area contributed by atoms with Crippen molar-refractivity contribution in [3.8, 4) is 0 Å². The SMILES string of the molecule is CC(C)C[C@H]1CN(Cc2cccc(Cn3cccn3)c2)CC[C@@]1(C)O. The molecule has 3 rings (SSSR count). The second-order valence-corrected chi connectivity index (χ2v) is 8.19. The summed E-state index contributed by atoms with van der Waals surface area (Å²) < 4.78 is 1.95. The number of nitrogens with zero attached hydrogens (tertiary/aromatic N) is 3. The van der Waals surface area contributed by atoms with Gasteiger partial charge >= 0.3 is 0 Å². The fourth-order valence-corrected chi connectivity index (χ4v) is 3.89. The second-order valence-electron chi connectivity index (χ2n) is 8.19. The van der Waals surface area contributed by atoms with Gasteiger partial charge in [-0.3, -0.25) is 9.58 Å². The maximum absolute atomic E-state index is 10.7. The number of piperidine rings is 1. The lowest BCUT2D eigenvalue weighted by molar-refractivity contribution is -0.0664. The second kappa shape index (κ2) is 7.71. The Morgan fingerprint density at radius 2 is 2.00 bits per heavy atom. The Morgan fingerprint density at radius 3 is 2.68 bits per heavy atom. The number of aliphatic hydroxyl groups is 1. The van der Waals surface area contributed by atoms with E-state index in [0.717, 1.165) is 39.0 Å². The van der Waals surface area contributed by atoms with Gasteiger partial charge in [0.05, 0.1) is 12.1 Å². The summed E-state index contributed by atoms with van der Waals surface area (Å²) in [7, 11) is 0. The number of hydrogen-bond acceptors (Lipinski definition) is 3. The molecule has 4 nitrogen and oxygen atoms in total. The Kier molecular flexibility index (Phi) is 5.60. The van der Waals surface area contributed by atoms with Crippen LogP contribution in [0, 0.1) is 11.8 Å². The van der Waals surface area contributed by atoms with E-state index in [4.69, 9.17) is 0 Å². The smallest absolute Gasteiger partial charge is 0.0672 e. The van der Waals surface area contributed by atoms with E-state index in [1.165, 1.54) is 11.1 Å². The fraction of sp³-hybridized carbons (Fsp3) is 0.571. The molecule has 0 unspecified atom stereocenters. The van der Waals surface area contributed by atoms with Crippen LogP contribution in [-0.2, 0) is 13.1 Å². The zero-order valence-electron chi connectivity index (χ0n) is 15.7. The highest BCUT2D eigenvalue weighted by molar-refractivity contribution is 5.23. The van der Waals surface area contributed by atoms with Crippen molar-refractivity contribution < 1.29 is 5.11 Å². The average Bonchev–Trinajstić information content (AvgIpc) is 3.04. The predicted molar refractivity (Wildman–Crippen MR) is 101 cm³/mol. The van der Waals surface area contributed by atoms with Crippen LogP contribution < -0.4 is 0 Å². The first-order chi connectivity index (χ1) is 11.9. The van der Waals surface area contributed by atoms with Crippen molar-refractivity contribution in [1.82, 2.24) is 14.7 Å². The summed E-state index contributed by atoms with van der Waals surface area (Å²) in [5.41, 5.74) is 2.10. The van der Waals surface area contributed by atoms with Gasteiger partial charge in [-0.1, -0.05) is 38.1 Å². The molecule has 0 spiro atoms. The number of hydrogen-bond donors (Lipinski definition) is 1. The maximum Gasteiger partial charge on any atom is 0.0672 e. The monoisotopic (exact) mass is 341 g/mol. The van der Waals surface area contributed by atoms with E-state index < -0.39 is 5.60 Å². The van der Waals surface area contributed by atoms with Crippen LogP contribution in [0.2, 0.25) is 0 Å². The van der Waals surface area contributed by atoms with Crippen LogP contribution >= 0.6 is 0 Å². The standard InChI is InChI=1S/C21H31N3O/c1-17(2)12-20-16-23(11-8-21(20,3)25)14-18-6-4-7-19(13-18)15-24-10-5-9-22-24/h4-7,9-10,13,17,20,25H,8,11-12,14-16H2,1-3H3/t20-,21+/m0/s1. The molecule has 2 atom stereocenters. The van der Waals surface area contributed by atoms with Crippen LogP contribution in [0.5, 0.6) is 0 Å². The average molecular weight is 341 g/mol. The molecular formula is C21H31N3O. The molecular weight excluding hydrogens is 310 g/mol. The van der Waals surface area contributed by atoms with Gasteiger partial charge in [-0.05, 0) is 42.9 Å². The summed E-state index contributed by atoms with van der Waals surface area (Å²) in [6.07, 6.45) is 5.76. The third kappa shape index (κ3) is 4.93. The molecule has 1 fully saturated rings. The number of benzene rings is 1. The highest BCUT2D eigenvalue weighted by Crippen LogP contribution is 2.32. The molecule has 1 N–H and O–H groups in total. The Hall–Kier alpha value is -1.65. The van der Waals surface area contributed by atoms with Crippen LogP contribution in [0.1, 0.15) is 44.7 Å². The molecule has 1 aliphatic heterocycles. The van der Waals surface area contributed by atoms with E-state index >= 15 is 0 Å². The molecule has 2 heterocycles. The molecule has 0 radical (unpaired) electrons. The molecule has 1 aliphatic rings. The topological polar surface area (TPSA) is 41.3 Å². The third-order valence-electron chi connectivity index (χ3n) is 5.35. The summed E-state index contributed by atoms with van der Waals surface area (Å²) in [6, 6.07) is 10.7. The van der Waals surface area contributed by atoms with E-state index in [0.29, 0.717) is 11.8 Å². The van der Waals surface area contributed by atoms with Crippen LogP contribution in [0.25, 0.3) is 0 Å². The summed E-state index contributed by atoms with van der Waals surface area (Å²) in [4.78, 5) is 2.50. The van der Waals surface area contributed by atoms with Crippen molar-refractivity contribution in [2.75, 3.05) is 13.1 Å². The number of rotatable bonds is 6. The zero-order valence-corrected chi connectivity index (χ0v) is 15.7. The van der Waals surface area contributed by atoms with Crippen molar-refractivity contribution in [3.63, 3.8) is 0 Å². The lowest BCUT2D eigenvalue weighted by Gasteiger charge is -2.43. The predicted octanol–water partition coefficient (Wildman–Crippen LogP) is 3.55. The van der Waals surface area contributed by atoms with Crippen LogP contribution in [-0.4, -0.2) is 38.5 Å². The minimum Gasteiger partial charge on any atom is -0.390 e. The van der Waals surface area contributed by atoms with E-state index in [2.05, 4.69) is 48.1 Å². The minimum atomic E-state index is -0.525. The number of likely N-dealkylation sites (tertiary alicyclic amines) is 1. The van der Waals surface area contributed by atoms with Gasteiger partial charge < -0.3 is 5.11 Å². The molecule has 0 aliphatic carbocycles. The largest absolute Gasteiger partial charge is 0.390 e. The molecule has 1 aromatic heterocycles. The van der Waals surface area contributed by atoms with Gasteiger partial charge in [-0.15, -0.1) is 0 Å². The molecule has 0 amide bonds. The minimum absolute atomic E-state index is 0.355. The first-order valence-corrected chi connectivity index (χ1v) is 9.42. The Labute approximate surface area is 151 Å². The Bertz CT molecular complexity index is 664. The zero-order chi connectivity index (χ0) is 17.9. The van der Waals surface area contributed by atoms with Gasteiger partial charge in [0.25, 0.3) is 0 Å². The molecule has 0 saturated carbocycles. The molecule has 2 aromatic rings. The molecule has 1 saturated heterocycles. The molecule has 4 heteroatoms. The summed E-state index contributed by atoms with van der Waals surface area (Å²) >= 11 is 0. The quantitative estimate of drug-likeness (QED) is 0.873. The van der Waals surface area contributed by atoms with Gasteiger partial charge in [0.1, 0.15) is 0 Å². The van der Waals surface area contributed by atoms with Crippen LogP contribution in [0.4, 0.5) is 0 Å². The first kappa shape index (κ1) is 18.2. The summed E-state index contributed by atoms with van der Waals surface area (Å²) in [6.45, 7) is 10.2. The molecule has 25 heavy (non-hydrogen) atoms. The van der Waals surface area contributed by atoms with Gasteiger partial charge in [0.15, 0.2) is 0 Å². The van der Waals surface area contributed by atoms with Crippen molar-refractivity contribution in [3.05, 3.63) is 53.9 Å². The highest BCUT2D eigenvalue weighted by atomic mass is 16.3. The van der Waals surface area contributed by atoms with Gasteiger partial charge in [0, 0.05) is 37.9 Å². The van der Waals surface area contributed by atoms with Crippen LogP contribution in [0.15, 0.2) is 42.7 Å². The van der Waals surface area contributed by atoms with Crippen molar-refractivity contribution in [2.24, 2.45) is 11.8 Å². The van der Waals surface area contributed by atoms with Crippen molar-refractivity contribution >= 4 is 0 Å². The Morgan fingerprint density at radius 1 is 1.24 bits per heavy atom. The lowest BCUT2D eigenvalue weighted by Crippen LogP contribution is -2.50. The van der Waals surface area contributed by atoms with E-state index in [1.54, 1.807) is 0 Å². The van der Waals surface area contributed by atoms with E-state index in [-0.39, 0.29) is 0 Å².